The van der Waals surface area contributed by atoms with Crippen LogP contribution in [0.1, 0.15) is 53.4 Å². The molecule has 0 radical (unpaired) electrons. The first-order valence-electron chi connectivity index (χ1n) is 6.20. The highest BCUT2D eigenvalue weighted by molar-refractivity contribution is 5.03. The van der Waals surface area contributed by atoms with Gasteiger partial charge in [-0.15, -0.1) is 0 Å². The SMILES string of the molecule is CC(C)=CCC/C(C)=C/CCC(C)(O)/C=C/O. The molecular weight excluding hydrogens is 212 g/mol. The third kappa shape index (κ3) is 9.88. The van der Waals surface area contributed by atoms with Crippen LogP contribution in [0.3, 0.4) is 0 Å². The molecule has 0 aliphatic carbocycles. The number of aliphatic hydroxyl groups is 2. The Morgan fingerprint density at radius 2 is 1.76 bits per heavy atom. The van der Waals surface area contributed by atoms with E-state index in [2.05, 4.69) is 32.9 Å². The van der Waals surface area contributed by atoms with Gasteiger partial charge in [0.1, 0.15) is 0 Å². The van der Waals surface area contributed by atoms with Crippen molar-refractivity contribution in [2.45, 2.75) is 59.0 Å². The highest BCUT2D eigenvalue weighted by Gasteiger charge is 2.14. The molecule has 2 nitrogen and oxygen atoms in total. The summed E-state index contributed by atoms with van der Waals surface area (Å²) in [5.41, 5.74) is 1.80. The Kier molecular flexibility index (Phi) is 7.64. The quantitative estimate of drug-likeness (QED) is 0.513. The molecule has 2 heteroatoms. The molecule has 0 heterocycles. The summed E-state index contributed by atoms with van der Waals surface area (Å²) >= 11 is 0. The number of allylic oxidation sites excluding steroid dienone is 4. The average Bonchev–Trinajstić information content (AvgIpc) is 2.16. The fourth-order valence-corrected chi connectivity index (χ4v) is 1.55. The van der Waals surface area contributed by atoms with E-state index in [1.165, 1.54) is 17.2 Å². The van der Waals surface area contributed by atoms with Gasteiger partial charge >= 0.3 is 0 Å². The van der Waals surface area contributed by atoms with Gasteiger partial charge in [-0.3, -0.25) is 0 Å². The maximum absolute atomic E-state index is 9.79. The van der Waals surface area contributed by atoms with Gasteiger partial charge in [-0.05, 0) is 59.5 Å². The Bertz CT molecular complexity index is 292. The van der Waals surface area contributed by atoms with E-state index in [1.54, 1.807) is 6.92 Å². The van der Waals surface area contributed by atoms with E-state index in [1.807, 2.05) is 0 Å². The molecule has 0 bridgehead atoms. The summed E-state index contributed by atoms with van der Waals surface area (Å²) in [4.78, 5) is 0. The molecule has 0 rings (SSSR count). The summed E-state index contributed by atoms with van der Waals surface area (Å²) < 4.78 is 0. The first kappa shape index (κ1) is 16.0. The van der Waals surface area contributed by atoms with Crippen molar-refractivity contribution >= 4 is 0 Å². The van der Waals surface area contributed by atoms with E-state index in [4.69, 9.17) is 5.11 Å². The Hall–Kier alpha value is -1.02. The lowest BCUT2D eigenvalue weighted by molar-refractivity contribution is 0.101. The fourth-order valence-electron chi connectivity index (χ4n) is 1.55. The highest BCUT2D eigenvalue weighted by Crippen LogP contribution is 2.16. The van der Waals surface area contributed by atoms with Crippen LogP contribution in [-0.2, 0) is 0 Å². The van der Waals surface area contributed by atoms with E-state index in [0.717, 1.165) is 25.5 Å². The van der Waals surface area contributed by atoms with Crippen molar-refractivity contribution in [3.05, 3.63) is 35.6 Å². The molecule has 0 aromatic heterocycles. The zero-order valence-corrected chi connectivity index (χ0v) is 11.5. The second-order valence-corrected chi connectivity index (χ2v) is 5.08. The molecule has 0 fully saturated rings. The number of hydrogen-bond acceptors (Lipinski definition) is 2. The summed E-state index contributed by atoms with van der Waals surface area (Å²) in [6, 6.07) is 0. The molecule has 0 saturated carbocycles. The topological polar surface area (TPSA) is 40.5 Å². The minimum absolute atomic E-state index is 0.629. The van der Waals surface area contributed by atoms with Crippen molar-refractivity contribution in [2.75, 3.05) is 0 Å². The van der Waals surface area contributed by atoms with Crippen LogP contribution in [0.5, 0.6) is 0 Å². The molecule has 0 aromatic rings. The minimum Gasteiger partial charge on any atom is -0.516 e. The Balaban J connectivity index is 3.96. The van der Waals surface area contributed by atoms with Crippen molar-refractivity contribution in [1.82, 2.24) is 0 Å². The normalized spacial score (nSPS) is 15.9. The zero-order chi connectivity index (χ0) is 13.3. The molecule has 1 unspecified atom stereocenters. The first-order valence-corrected chi connectivity index (χ1v) is 6.20. The molecule has 0 amide bonds. The molecular formula is C15H26O2. The van der Waals surface area contributed by atoms with Gasteiger partial charge in [0.25, 0.3) is 0 Å². The van der Waals surface area contributed by atoms with Crippen molar-refractivity contribution in [1.29, 1.82) is 0 Å². The van der Waals surface area contributed by atoms with Gasteiger partial charge in [0, 0.05) is 0 Å². The van der Waals surface area contributed by atoms with Gasteiger partial charge in [-0.1, -0.05) is 23.3 Å². The molecule has 98 valence electrons. The molecule has 17 heavy (non-hydrogen) atoms. The summed E-state index contributed by atoms with van der Waals surface area (Å²) in [6.45, 7) is 8.04. The summed E-state index contributed by atoms with van der Waals surface area (Å²) in [6.07, 6.45) is 10.3. The van der Waals surface area contributed by atoms with Gasteiger partial charge in [-0.2, -0.15) is 0 Å². The number of hydrogen-bond donors (Lipinski definition) is 2. The van der Waals surface area contributed by atoms with E-state index in [0.29, 0.717) is 6.42 Å². The Morgan fingerprint density at radius 1 is 1.12 bits per heavy atom. The van der Waals surface area contributed by atoms with Crippen LogP contribution < -0.4 is 0 Å². The maximum Gasteiger partial charge on any atom is 0.0834 e. The highest BCUT2D eigenvalue weighted by atomic mass is 16.3. The van der Waals surface area contributed by atoms with Crippen molar-refractivity contribution in [2.24, 2.45) is 0 Å². The standard InChI is InChI=1S/C15H26O2/c1-13(2)7-5-8-14(3)9-6-10-15(4,17)11-12-16/h7,9,11-12,16-17H,5-6,8,10H2,1-4H3/b12-11+,14-9+. The van der Waals surface area contributed by atoms with Crippen LogP contribution in [0.25, 0.3) is 0 Å². The second-order valence-electron chi connectivity index (χ2n) is 5.08. The van der Waals surface area contributed by atoms with Gasteiger partial charge in [0.2, 0.25) is 0 Å². The van der Waals surface area contributed by atoms with Crippen LogP contribution in [0, 0.1) is 0 Å². The predicted octanol–water partition coefficient (Wildman–Crippen LogP) is 4.28. The lowest BCUT2D eigenvalue weighted by Gasteiger charge is -2.16. The molecule has 0 saturated heterocycles. The van der Waals surface area contributed by atoms with Crippen molar-refractivity contribution < 1.29 is 10.2 Å². The van der Waals surface area contributed by atoms with Gasteiger partial charge in [0.15, 0.2) is 0 Å². The second kappa shape index (κ2) is 8.13. The molecule has 0 aliphatic heterocycles. The maximum atomic E-state index is 9.79. The third-order valence-corrected chi connectivity index (χ3v) is 2.67. The van der Waals surface area contributed by atoms with E-state index < -0.39 is 5.60 Å². The molecule has 0 aliphatic rings. The van der Waals surface area contributed by atoms with Gasteiger partial charge in [0.05, 0.1) is 11.9 Å². The van der Waals surface area contributed by atoms with Crippen LogP contribution in [-0.4, -0.2) is 15.8 Å². The molecule has 0 spiro atoms. The minimum atomic E-state index is -0.911. The first-order chi connectivity index (χ1) is 7.87. The van der Waals surface area contributed by atoms with E-state index >= 15 is 0 Å². The summed E-state index contributed by atoms with van der Waals surface area (Å²) in [7, 11) is 0. The largest absolute Gasteiger partial charge is 0.516 e. The molecule has 0 aromatic carbocycles. The Morgan fingerprint density at radius 3 is 2.29 bits per heavy atom. The van der Waals surface area contributed by atoms with Crippen molar-refractivity contribution in [3.63, 3.8) is 0 Å². The predicted molar refractivity (Wildman–Crippen MR) is 74.0 cm³/mol. The average molecular weight is 238 g/mol. The number of aliphatic hydroxyl groups excluding tert-OH is 1. The monoisotopic (exact) mass is 238 g/mol. The Labute approximate surface area is 105 Å². The lowest BCUT2D eigenvalue weighted by atomic mass is 9.99. The van der Waals surface area contributed by atoms with Crippen LogP contribution in [0.4, 0.5) is 0 Å². The summed E-state index contributed by atoms with van der Waals surface area (Å²) in [5, 5.41) is 18.4. The third-order valence-electron chi connectivity index (χ3n) is 2.67. The molecule has 2 N–H and O–H groups in total. The van der Waals surface area contributed by atoms with E-state index in [9.17, 15) is 5.11 Å². The van der Waals surface area contributed by atoms with Gasteiger partial charge < -0.3 is 10.2 Å². The lowest BCUT2D eigenvalue weighted by Crippen LogP contribution is -2.19. The number of rotatable bonds is 7. The smallest absolute Gasteiger partial charge is 0.0834 e. The van der Waals surface area contributed by atoms with E-state index in [-0.39, 0.29) is 0 Å². The van der Waals surface area contributed by atoms with Crippen LogP contribution in [0.2, 0.25) is 0 Å². The molecule has 1 atom stereocenters. The van der Waals surface area contributed by atoms with Crippen LogP contribution >= 0.6 is 0 Å². The summed E-state index contributed by atoms with van der Waals surface area (Å²) in [5.74, 6) is 0. The van der Waals surface area contributed by atoms with Gasteiger partial charge in [-0.25, -0.2) is 0 Å². The van der Waals surface area contributed by atoms with Crippen molar-refractivity contribution in [3.8, 4) is 0 Å². The zero-order valence-electron chi connectivity index (χ0n) is 11.5. The fraction of sp³-hybridized carbons (Fsp3) is 0.600. The van der Waals surface area contributed by atoms with Crippen LogP contribution in [0.15, 0.2) is 35.6 Å².